The Labute approximate surface area is 344 Å². The molecule has 0 aliphatic carbocycles. The number of rotatable bonds is 12. The first-order chi connectivity index (χ1) is 28.5. The SMILES string of the molecule is CCC(C)C(NC(=O)OC)C(=O)N1C[C@@H](C)CC1c1ncc(-c2ccc3c(c2)COc2cc4c(ccc5nc([C@@H]6CC(COC)CN6C(=O)C[C@@H](C)OC)[nH]c54)cc2-3)[nH]1. The summed E-state index contributed by atoms with van der Waals surface area (Å²) in [6.07, 6.45) is 3.61. The number of fused-ring (bicyclic) bond motifs is 6. The van der Waals surface area contributed by atoms with Crippen LogP contribution in [0.5, 0.6) is 5.75 Å². The monoisotopic (exact) mass is 805 g/mol. The van der Waals surface area contributed by atoms with E-state index in [2.05, 4.69) is 58.6 Å². The van der Waals surface area contributed by atoms with E-state index in [1.54, 1.807) is 14.2 Å². The number of carbonyl (C=O) groups excluding carboxylic acids is 3. The minimum absolute atomic E-state index is 0.0501. The Morgan fingerprint density at radius 2 is 1.78 bits per heavy atom. The van der Waals surface area contributed by atoms with Crippen molar-refractivity contribution < 1.29 is 33.3 Å². The Kier molecular flexibility index (Phi) is 11.4. The van der Waals surface area contributed by atoms with Crippen molar-refractivity contribution in [2.24, 2.45) is 17.8 Å². The van der Waals surface area contributed by atoms with Gasteiger partial charge in [-0.2, -0.15) is 0 Å². The smallest absolute Gasteiger partial charge is 0.407 e. The Morgan fingerprint density at radius 3 is 2.54 bits per heavy atom. The third kappa shape index (κ3) is 7.75. The number of H-pyrrole nitrogens is 2. The van der Waals surface area contributed by atoms with Crippen molar-refractivity contribution in [3.63, 3.8) is 0 Å². The van der Waals surface area contributed by atoms with Gasteiger partial charge in [-0.25, -0.2) is 14.8 Å². The van der Waals surface area contributed by atoms with Gasteiger partial charge in [0.2, 0.25) is 11.8 Å². The van der Waals surface area contributed by atoms with Crippen LogP contribution in [0.1, 0.15) is 82.7 Å². The van der Waals surface area contributed by atoms with Crippen LogP contribution in [0.25, 0.3) is 44.2 Å². The van der Waals surface area contributed by atoms with Crippen molar-refractivity contribution in [1.29, 1.82) is 0 Å². The van der Waals surface area contributed by atoms with E-state index >= 15 is 0 Å². The lowest BCUT2D eigenvalue weighted by atomic mass is 9.92. The molecule has 59 heavy (non-hydrogen) atoms. The fourth-order valence-corrected chi connectivity index (χ4v) is 9.15. The molecule has 5 heterocycles. The minimum Gasteiger partial charge on any atom is -0.488 e. The van der Waals surface area contributed by atoms with E-state index in [-0.39, 0.29) is 47.8 Å². The van der Waals surface area contributed by atoms with Crippen LogP contribution in [0.15, 0.2) is 48.7 Å². The second-order valence-corrected chi connectivity index (χ2v) is 16.7. The molecule has 2 fully saturated rings. The Hall–Kier alpha value is -5.47. The zero-order valence-electron chi connectivity index (χ0n) is 35.0. The zero-order chi connectivity index (χ0) is 41.5. The molecule has 3 N–H and O–H groups in total. The second kappa shape index (κ2) is 16.6. The summed E-state index contributed by atoms with van der Waals surface area (Å²) in [6, 6.07) is 13.7. The summed E-state index contributed by atoms with van der Waals surface area (Å²) < 4.78 is 22.2. The van der Waals surface area contributed by atoms with Crippen LogP contribution in [0, 0.1) is 17.8 Å². The third-order valence-electron chi connectivity index (χ3n) is 12.6. The fourth-order valence-electron chi connectivity index (χ4n) is 9.15. The van der Waals surface area contributed by atoms with Crippen LogP contribution >= 0.6 is 0 Å². The number of aromatic amines is 2. The molecule has 14 heteroatoms. The highest BCUT2D eigenvalue weighted by Crippen LogP contribution is 2.44. The highest BCUT2D eigenvalue weighted by molar-refractivity contribution is 6.07. The topological polar surface area (TPSA) is 164 Å². The number of nitrogens with one attached hydrogen (secondary N) is 3. The summed E-state index contributed by atoms with van der Waals surface area (Å²) in [5.74, 6) is 2.64. The second-order valence-electron chi connectivity index (χ2n) is 16.7. The number of amides is 3. The molecule has 3 aliphatic heterocycles. The molecule has 0 bridgehead atoms. The maximum Gasteiger partial charge on any atom is 0.407 e. The molecule has 8 rings (SSSR count). The van der Waals surface area contributed by atoms with Crippen LogP contribution in [-0.4, -0.2) is 101 Å². The van der Waals surface area contributed by atoms with Crippen molar-refractivity contribution in [1.82, 2.24) is 35.1 Å². The average Bonchev–Trinajstić information content (AvgIpc) is 4.07. The molecule has 3 amide bonds. The molecular weight excluding hydrogens is 751 g/mol. The lowest BCUT2D eigenvalue weighted by Crippen LogP contribution is -2.51. The molecule has 3 aliphatic rings. The quantitative estimate of drug-likeness (QED) is 0.117. The van der Waals surface area contributed by atoms with Crippen molar-refractivity contribution in [2.75, 3.05) is 41.0 Å². The number of hydrogen-bond donors (Lipinski definition) is 3. The predicted molar refractivity (Wildman–Crippen MR) is 223 cm³/mol. The number of aromatic nitrogens is 4. The van der Waals surface area contributed by atoms with Crippen molar-refractivity contribution in [3.05, 3.63) is 65.9 Å². The largest absolute Gasteiger partial charge is 0.488 e. The first kappa shape index (κ1) is 40.3. The summed E-state index contributed by atoms with van der Waals surface area (Å²) in [4.78, 5) is 60.3. The Bertz CT molecular complexity index is 2370. The van der Waals surface area contributed by atoms with Gasteiger partial charge in [0.05, 0.1) is 61.2 Å². The number of hydrogen-bond acceptors (Lipinski definition) is 9. The number of carbonyl (C=O) groups is 3. The van der Waals surface area contributed by atoms with E-state index in [0.717, 1.165) is 86.4 Å². The van der Waals surface area contributed by atoms with Gasteiger partial charge in [0, 0.05) is 44.2 Å². The third-order valence-corrected chi connectivity index (χ3v) is 12.6. The van der Waals surface area contributed by atoms with Crippen molar-refractivity contribution in [3.8, 4) is 28.1 Å². The van der Waals surface area contributed by atoms with Gasteiger partial charge in [0.15, 0.2) is 0 Å². The van der Waals surface area contributed by atoms with E-state index in [4.69, 9.17) is 28.9 Å². The van der Waals surface area contributed by atoms with Crippen molar-refractivity contribution in [2.45, 2.75) is 84.2 Å². The summed E-state index contributed by atoms with van der Waals surface area (Å²) in [6.45, 7) is 10.2. The van der Waals surface area contributed by atoms with Gasteiger partial charge in [0.1, 0.15) is 30.0 Å². The first-order valence-electron chi connectivity index (χ1n) is 20.7. The summed E-state index contributed by atoms with van der Waals surface area (Å²) in [5, 5.41) is 4.84. The fraction of sp³-hybridized carbons (Fsp3) is 0.489. The molecule has 0 spiro atoms. The maximum absolute atomic E-state index is 13.9. The van der Waals surface area contributed by atoms with E-state index in [0.29, 0.717) is 32.7 Å². The van der Waals surface area contributed by atoms with Gasteiger partial charge >= 0.3 is 6.09 Å². The first-order valence-corrected chi connectivity index (χ1v) is 20.7. The van der Waals surface area contributed by atoms with Crippen LogP contribution in [0.3, 0.4) is 0 Å². The maximum atomic E-state index is 13.9. The standard InChI is InChI=1S/C45H55N7O7/c1-8-25(3)40(50-45(55)58-7)44(54)52-20-24(2)13-36(52)42-46-19-35(48-42)29-9-11-31-30(16-29)23-59-38-18-32-28(17-33(31)38)10-12-34-41(32)49-43(47-34)37-15-27(22-56-5)21-51(37)39(53)14-26(4)57-6/h9-12,16-19,24-27,36-37,40H,8,13-15,20-23H2,1-7H3,(H,46,48)(H,47,49)(H,50,55)/t24-,25?,26+,27?,36?,37-,40?/m0/s1. The van der Waals surface area contributed by atoms with Crippen molar-refractivity contribution >= 4 is 39.7 Å². The number of methoxy groups -OCH3 is 3. The minimum atomic E-state index is -0.692. The molecule has 312 valence electrons. The van der Waals surface area contributed by atoms with Gasteiger partial charge in [0.25, 0.3) is 0 Å². The molecule has 0 radical (unpaired) electrons. The Balaban J connectivity index is 1.05. The van der Waals surface area contributed by atoms with Gasteiger partial charge in [-0.15, -0.1) is 0 Å². The predicted octanol–water partition coefficient (Wildman–Crippen LogP) is 7.31. The lowest BCUT2D eigenvalue weighted by Gasteiger charge is -2.30. The highest BCUT2D eigenvalue weighted by Gasteiger charge is 2.41. The number of imidazole rings is 2. The van der Waals surface area contributed by atoms with Crippen LogP contribution in [-0.2, 0) is 30.4 Å². The molecule has 0 saturated carbocycles. The molecule has 2 saturated heterocycles. The van der Waals surface area contributed by atoms with Gasteiger partial charge < -0.3 is 44.0 Å². The lowest BCUT2D eigenvalue weighted by molar-refractivity contribution is -0.136. The van der Waals surface area contributed by atoms with Crippen LogP contribution in [0.4, 0.5) is 4.79 Å². The number of alkyl carbamates (subject to hydrolysis) is 1. The number of nitrogens with zero attached hydrogens (tertiary/aromatic N) is 4. The van der Waals surface area contributed by atoms with E-state index in [1.165, 1.54) is 7.11 Å². The Morgan fingerprint density at radius 1 is 0.966 bits per heavy atom. The van der Waals surface area contributed by atoms with Gasteiger partial charge in [-0.05, 0) is 77.9 Å². The van der Waals surface area contributed by atoms with Gasteiger partial charge in [-0.3, -0.25) is 9.59 Å². The average molecular weight is 806 g/mol. The van der Waals surface area contributed by atoms with E-state index in [1.807, 2.05) is 42.8 Å². The number of benzene rings is 3. The number of ether oxygens (including phenoxy) is 4. The molecule has 14 nitrogen and oxygen atoms in total. The molecule has 3 aromatic carbocycles. The molecule has 7 atom stereocenters. The van der Waals surface area contributed by atoms with E-state index in [9.17, 15) is 14.4 Å². The summed E-state index contributed by atoms with van der Waals surface area (Å²) in [5.41, 5.74) is 6.76. The molecule has 5 aromatic rings. The normalized spacial score (nSPS) is 21.5. The molecule has 4 unspecified atom stereocenters. The van der Waals surface area contributed by atoms with Gasteiger partial charge in [-0.1, -0.05) is 45.4 Å². The van der Waals surface area contributed by atoms with E-state index < -0.39 is 12.1 Å². The number of likely N-dealkylation sites (tertiary alicyclic amines) is 2. The summed E-state index contributed by atoms with van der Waals surface area (Å²) in [7, 11) is 4.63. The van der Waals surface area contributed by atoms with Crippen LogP contribution in [0.2, 0.25) is 0 Å². The highest BCUT2D eigenvalue weighted by atomic mass is 16.5. The molecular formula is C45H55N7O7. The summed E-state index contributed by atoms with van der Waals surface area (Å²) >= 11 is 0. The zero-order valence-corrected chi connectivity index (χ0v) is 35.0. The molecule has 2 aromatic heterocycles. The van der Waals surface area contributed by atoms with Crippen LogP contribution < -0.4 is 10.1 Å².